The molecule has 1 rings (SSSR count). The van der Waals surface area contributed by atoms with E-state index in [1.807, 2.05) is 34.6 Å². The van der Waals surface area contributed by atoms with E-state index in [0.29, 0.717) is 18.4 Å². The molecule has 0 aliphatic rings. The molecular formula is C30H47NO9. The molecule has 226 valence electrons. The van der Waals surface area contributed by atoms with E-state index < -0.39 is 30.1 Å². The highest BCUT2D eigenvalue weighted by Gasteiger charge is 2.23. The number of benzene rings is 1. The maximum Gasteiger partial charge on any atom is 0.508 e. The van der Waals surface area contributed by atoms with Crippen LogP contribution in [0.3, 0.4) is 0 Å². The largest absolute Gasteiger partial charge is 0.508 e. The second-order valence-electron chi connectivity index (χ2n) is 11.3. The normalized spacial score (nSPS) is 13.5. The average molecular weight is 566 g/mol. The van der Waals surface area contributed by atoms with E-state index in [-0.39, 0.29) is 61.4 Å². The van der Waals surface area contributed by atoms with Gasteiger partial charge in [0.25, 0.3) is 0 Å². The fourth-order valence-electron chi connectivity index (χ4n) is 3.51. The molecule has 0 aromatic heterocycles. The number of carbonyl (C=O) groups is 4. The van der Waals surface area contributed by atoms with Gasteiger partial charge in [-0.2, -0.15) is 0 Å². The predicted octanol–water partition coefficient (Wildman–Crippen LogP) is 5.37. The number of esters is 3. The van der Waals surface area contributed by atoms with Crippen molar-refractivity contribution < 1.29 is 42.9 Å². The Kier molecular flexibility index (Phi) is 15.3. The zero-order chi connectivity index (χ0) is 30.3. The van der Waals surface area contributed by atoms with Crippen molar-refractivity contribution in [2.24, 2.45) is 23.0 Å². The van der Waals surface area contributed by atoms with Crippen molar-refractivity contribution >= 4 is 24.1 Å². The molecule has 2 N–H and O–H groups in total. The summed E-state index contributed by atoms with van der Waals surface area (Å²) in [5, 5.41) is 0. The van der Waals surface area contributed by atoms with Crippen LogP contribution < -0.4 is 15.2 Å². The van der Waals surface area contributed by atoms with Gasteiger partial charge >= 0.3 is 24.1 Å². The molecule has 0 fully saturated rings. The molecule has 0 unspecified atom stereocenters. The first-order valence-electron chi connectivity index (χ1n) is 14.0. The van der Waals surface area contributed by atoms with Gasteiger partial charge in [0, 0.05) is 6.42 Å². The van der Waals surface area contributed by atoms with Gasteiger partial charge in [-0.15, -0.1) is 0 Å². The Hall–Kier alpha value is -3.14. The summed E-state index contributed by atoms with van der Waals surface area (Å²) >= 11 is 0. The smallest absolute Gasteiger partial charge is 0.464 e. The van der Waals surface area contributed by atoms with Gasteiger partial charge in [-0.05, 0) is 42.4 Å². The lowest BCUT2D eigenvalue weighted by atomic mass is 9.99. The van der Waals surface area contributed by atoms with Crippen molar-refractivity contribution in [3.63, 3.8) is 0 Å². The Bertz CT molecular complexity index is 970. The molecule has 0 amide bonds. The number of carbonyl (C=O) groups excluding carboxylic acids is 4. The van der Waals surface area contributed by atoms with E-state index in [0.717, 1.165) is 12.8 Å². The van der Waals surface area contributed by atoms with Crippen LogP contribution in [-0.4, -0.2) is 49.9 Å². The van der Waals surface area contributed by atoms with Crippen molar-refractivity contribution in [3.05, 3.63) is 23.8 Å². The second kappa shape index (κ2) is 17.5. The molecular weight excluding hydrogens is 518 g/mol. The summed E-state index contributed by atoms with van der Waals surface area (Å²) < 4.78 is 26.3. The third-order valence-electron chi connectivity index (χ3n) is 5.81. The quantitative estimate of drug-likeness (QED) is 0.158. The summed E-state index contributed by atoms with van der Waals surface area (Å²) in [5.41, 5.74) is 6.48. The molecule has 0 aliphatic carbocycles. The Balaban J connectivity index is 2.75. The van der Waals surface area contributed by atoms with Crippen LogP contribution in [0.25, 0.3) is 0 Å². The highest BCUT2D eigenvalue weighted by molar-refractivity contribution is 5.79. The molecule has 10 heteroatoms. The Labute approximate surface area is 238 Å². The van der Waals surface area contributed by atoms with Crippen LogP contribution in [0, 0.1) is 17.3 Å². The monoisotopic (exact) mass is 565 g/mol. The summed E-state index contributed by atoms with van der Waals surface area (Å²) in [6.07, 6.45) is 2.59. The van der Waals surface area contributed by atoms with Gasteiger partial charge < -0.3 is 29.4 Å². The molecule has 0 bridgehead atoms. The van der Waals surface area contributed by atoms with E-state index in [2.05, 4.69) is 0 Å². The minimum Gasteiger partial charge on any atom is -0.464 e. The Morgan fingerprint density at radius 1 is 0.800 bits per heavy atom. The molecule has 0 heterocycles. The lowest BCUT2D eigenvalue weighted by Crippen LogP contribution is -2.34. The number of hydrogen-bond acceptors (Lipinski definition) is 10. The van der Waals surface area contributed by atoms with E-state index in [1.54, 1.807) is 26.0 Å². The summed E-state index contributed by atoms with van der Waals surface area (Å²) in [5.74, 6) is -1.90. The van der Waals surface area contributed by atoms with Gasteiger partial charge in [-0.25, -0.2) is 4.79 Å². The molecule has 1 aromatic carbocycles. The highest BCUT2D eigenvalue weighted by atomic mass is 16.7. The molecule has 0 saturated carbocycles. The molecule has 0 saturated heterocycles. The molecule has 10 nitrogen and oxygen atoms in total. The zero-order valence-electron chi connectivity index (χ0n) is 25.1. The number of ether oxygens (including phenoxy) is 5. The van der Waals surface area contributed by atoms with Crippen LogP contribution in [0.1, 0.15) is 86.1 Å². The van der Waals surface area contributed by atoms with Crippen LogP contribution in [-0.2, 0) is 35.0 Å². The molecule has 0 aliphatic heterocycles. The van der Waals surface area contributed by atoms with Crippen molar-refractivity contribution in [2.75, 3.05) is 19.8 Å². The van der Waals surface area contributed by atoms with Gasteiger partial charge in [0.1, 0.15) is 6.04 Å². The van der Waals surface area contributed by atoms with Gasteiger partial charge in [-0.1, -0.05) is 67.4 Å². The van der Waals surface area contributed by atoms with Crippen LogP contribution in [0.5, 0.6) is 11.5 Å². The molecule has 1 aromatic rings. The average Bonchev–Trinajstić information content (AvgIpc) is 2.88. The minimum absolute atomic E-state index is 0.0160. The van der Waals surface area contributed by atoms with Gasteiger partial charge in [0.15, 0.2) is 11.5 Å². The fourth-order valence-corrected chi connectivity index (χ4v) is 3.51. The van der Waals surface area contributed by atoms with Crippen molar-refractivity contribution in [1.82, 2.24) is 0 Å². The first-order valence-corrected chi connectivity index (χ1v) is 14.0. The number of nitrogens with two attached hydrogens (primary N) is 1. The van der Waals surface area contributed by atoms with Gasteiger partial charge in [0.2, 0.25) is 0 Å². The Morgan fingerprint density at radius 2 is 1.35 bits per heavy atom. The molecule has 0 spiro atoms. The minimum atomic E-state index is -0.988. The second-order valence-corrected chi connectivity index (χ2v) is 11.3. The summed E-state index contributed by atoms with van der Waals surface area (Å²) in [6.45, 7) is 13.6. The first kappa shape index (κ1) is 34.9. The maximum atomic E-state index is 12.6. The van der Waals surface area contributed by atoms with E-state index in [1.165, 1.54) is 6.07 Å². The summed E-state index contributed by atoms with van der Waals surface area (Å²) in [7, 11) is 0. The van der Waals surface area contributed by atoms with Crippen LogP contribution >= 0.6 is 0 Å². The maximum absolute atomic E-state index is 12.6. The molecule has 0 radical (unpaired) electrons. The summed E-state index contributed by atoms with van der Waals surface area (Å²) in [6, 6.07) is 3.75. The number of rotatable bonds is 16. The van der Waals surface area contributed by atoms with Crippen LogP contribution in [0.2, 0.25) is 0 Å². The van der Waals surface area contributed by atoms with Crippen LogP contribution in [0.4, 0.5) is 4.79 Å². The summed E-state index contributed by atoms with van der Waals surface area (Å²) in [4.78, 5) is 49.1. The van der Waals surface area contributed by atoms with Crippen molar-refractivity contribution in [1.29, 1.82) is 0 Å². The third-order valence-corrected chi connectivity index (χ3v) is 5.81. The SMILES string of the molecule is CCC[C@H](C)C(=O)Oc1ccc(C[C@H](N)C(=O)OCCCOC(=O)OCC(C)(C)C)cc1OC(=O)[C@@H](C)CCC. The highest BCUT2D eigenvalue weighted by Crippen LogP contribution is 2.31. The van der Waals surface area contributed by atoms with Crippen LogP contribution in [0.15, 0.2) is 18.2 Å². The Morgan fingerprint density at radius 3 is 1.90 bits per heavy atom. The lowest BCUT2D eigenvalue weighted by Gasteiger charge is -2.17. The predicted molar refractivity (Wildman–Crippen MR) is 150 cm³/mol. The van der Waals surface area contributed by atoms with E-state index >= 15 is 0 Å². The molecule has 3 atom stereocenters. The molecule has 40 heavy (non-hydrogen) atoms. The fraction of sp³-hybridized carbons (Fsp3) is 0.667. The van der Waals surface area contributed by atoms with Gasteiger partial charge in [-0.3, -0.25) is 14.4 Å². The number of hydrogen-bond donors (Lipinski definition) is 1. The topological polar surface area (TPSA) is 140 Å². The third kappa shape index (κ3) is 13.8. The standard InChI is InChI=1S/C30H47NO9/c1-8-11-20(3)26(32)39-24-14-13-22(18-25(24)40-27(33)21(4)12-9-2)17-23(31)28(34)36-15-10-16-37-29(35)38-19-30(5,6)7/h13-14,18,20-21,23H,8-12,15-17,19,31H2,1-7H3/t20-,21-,23-/m0/s1. The van der Waals surface area contributed by atoms with Crippen molar-refractivity contribution in [2.45, 2.75) is 93.0 Å². The van der Waals surface area contributed by atoms with Gasteiger partial charge in [0.05, 0.1) is 31.7 Å². The van der Waals surface area contributed by atoms with E-state index in [9.17, 15) is 19.2 Å². The van der Waals surface area contributed by atoms with E-state index in [4.69, 9.17) is 29.4 Å². The first-order chi connectivity index (χ1) is 18.8. The van der Waals surface area contributed by atoms with Crippen molar-refractivity contribution in [3.8, 4) is 11.5 Å². The lowest BCUT2D eigenvalue weighted by molar-refractivity contribution is -0.145. The zero-order valence-corrected chi connectivity index (χ0v) is 25.1.